The lowest BCUT2D eigenvalue weighted by Crippen LogP contribution is -2.44. The summed E-state index contributed by atoms with van der Waals surface area (Å²) in [6.45, 7) is 4.37. The van der Waals surface area contributed by atoms with E-state index in [1.54, 1.807) is 18.3 Å². The highest BCUT2D eigenvalue weighted by molar-refractivity contribution is 6.31. The zero-order valence-corrected chi connectivity index (χ0v) is 16.4. The fourth-order valence-electron chi connectivity index (χ4n) is 4.04. The molecule has 0 unspecified atom stereocenters. The molecule has 2 N–H and O–H groups in total. The Morgan fingerprint density at radius 1 is 1.36 bits per heavy atom. The minimum Gasteiger partial charge on any atom is -0.388 e. The number of fused-ring (bicyclic) bond motifs is 1. The molecule has 0 aliphatic carbocycles. The number of aromatic nitrogens is 2. The fourth-order valence-corrected chi connectivity index (χ4v) is 4.28. The van der Waals surface area contributed by atoms with Crippen molar-refractivity contribution >= 4 is 28.4 Å². The van der Waals surface area contributed by atoms with Gasteiger partial charge in [-0.25, -0.2) is 0 Å². The van der Waals surface area contributed by atoms with Gasteiger partial charge in [0.25, 0.3) is 0 Å². The van der Waals surface area contributed by atoms with Crippen LogP contribution in [0, 0.1) is 11.3 Å². The highest BCUT2D eigenvalue weighted by Gasteiger charge is 2.41. The number of aromatic amines is 1. The van der Waals surface area contributed by atoms with Crippen LogP contribution in [-0.4, -0.2) is 45.4 Å². The van der Waals surface area contributed by atoms with Crippen LogP contribution in [0.25, 0.3) is 10.9 Å². The first-order valence-corrected chi connectivity index (χ1v) is 9.52. The topological polar surface area (TPSA) is 69.2 Å². The lowest BCUT2D eigenvalue weighted by Gasteiger charge is -2.43. The number of amides is 1. The number of piperidine rings is 1. The molecule has 1 aromatic carbocycles. The third-order valence-corrected chi connectivity index (χ3v) is 6.01. The van der Waals surface area contributed by atoms with Crippen molar-refractivity contribution in [1.82, 2.24) is 15.1 Å². The van der Waals surface area contributed by atoms with E-state index in [0.29, 0.717) is 28.9 Å². The van der Waals surface area contributed by atoms with Gasteiger partial charge in [-0.1, -0.05) is 25.4 Å². The maximum atomic E-state index is 12.5. The van der Waals surface area contributed by atoms with Crippen molar-refractivity contribution in [2.45, 2.75) is 45.4 Å². The molecule has 28 heavy (non-hydrogen) atoms. The van der Waals surface area contributed by atoms with E-state index in [-0.39, 0.29) is 19.0 Å². The minimum atomic E-state index is -4.49. The van der Waals surface area contributed by atoms with Crippen LogP contribution in [0.4, 0.5) is 13.2 Å². The smallest absolute Gasteiger partial charge is 0.388 e. The van der Waals surface area contributed by atoms with Crippen LogP contribution in [0.2, 0.25) is 5.02 Å². The van der Waals surface area contributed by atoms with Crippen LogP contribution in [-0.2, 0) is 4.79 Å². The standard InChI is InChI=1S/C19H23ClF3N3O2/c1-18(2,12-3-5-26(6-4-12)15(27)9-19(21,22)23)17(28)14-8-13(20)7-11-10-24-25-16(11)14/h7-8,10,12,17,28H,3-6,9H2,1-2H3,(H,24,25)/t17-/m1/s1. The van der Waals surface area contributed by atoms with Crippen molar-refractivity contribution < 1.29 is 23.1 Å². The van der Waals surface area contributed by atoms with Gasteiger partial charge in [-0.15, -0.1) is 0 Å². The third kappa shape index (κ3) is 4.27. The van der Waals surface area contributed by atoms with Crippen LogP contribution < -0.4 is 0 Å². The van der Waals surface area contributed by atoms with Crippen LogP contribution in [0.1, 0.15) is 44.8 Å². The Morgan fingerprint density at radius 2 is 2.00 bits per heavy atom. The zero-order valence-electron chi connectivity index (χ0n) is 15.7. The third-order valence-electron chi connectivity index (χ3n) is 5.79. The number of carbonyl (C=O) groups is 1. The maximum absolute atomic E-state index is 12.5. The Bertz CT molecular complexity index is 858. The van der Waals surface area contributed by atoms with E-state index in [9.17, 15) is 23.1 Å². The first kappa shape index (κ1) is 20.9. The van der Waals surface area contributed by atoms with Gasteiger partial charge in [-0.05, 0) is 36.3 Å². The van der Waals surface area contributed by atoms with E-state index in [1.807, 2.05) is 13.8 Å². The molecule has 1 aromatic heterocycles. The molecule has 0 spiro atoms. The molecule has 9 heteroatoms. The predicted octanol–water partition coefficient (Wildman–Crippen LogP) is 4.47. The number of carbonyl (C=O) groups excluding carboxylic acids is 1. The van der Waals surface area contributed by atoms with E-state index in [0.717, 1.165) is 5.39 Å². The highest BCUT2D eigenvalue weighted by Crippen LogP contribution is 2.46. The molecule has 3 rings (SSSR count). The predicted molar refractivity (Wildman–Crippen MR) is 99.8 cm³/mol. The van der Waals surface area contributed by atoms with E-state index < -0.39 is 30.0 Å². The van der Waals surface area contributed by atoms with Gasteiger partial charge in [0.05, 0.1) is 17.8 Å². The van der Waals surface area contributed by atoms with Crippen LogP contribution >= 0.6 is 11.6 Å². The molecule has 1 amide bonds. The van der Waals surface area contributed by atoms with Gasteiger partial charge in [0.15, 0.2) is 0 Å². The number of halogens is 4. The van der Waals surface area contributed by atoms with Crippen molar-refractivity contribution in [3.63, 3.8) is 0 Å². The lowest BCUT2D eigenvalue weighted by atomic mass is 9.68. The van der Waals surface area contributed by atoms with Crippen molar-refractivity contribution in [2.24, 2.45) is 11.3 Å². The van der Waals surface area contributed by atoms with Gasteiger partial charge in [0, 0.05) is 29.1 Å². The summed E-state index contributed by atoms with van der Waals surface area (Å²) in [6.07, 6.45) is -4.08. The molecule has 0 radical (unpaired) electrons. The number of nitrogens with zero attached hydrogens (tertiary/aromatic N) is 2. The van der Waals surface area contributed by atoms with Gasteiger partial charge < -0.3 is 10.0 Å². The number of aliphatic hydroxyl groups excluding tert-OH is 1. The molecule has 1 aliphatic heterocycles. The van der Waals surface area contributed by atoms with Crippen LogP contribution in [0.5, 0.6) is 0 Å². The minimum absolute atomic E-state index is 0.0365. The first-order chi connectivity index (χ1) is 13.0. The Kier molecular flexibility index (Phi) is 5.64. The number of rotatable bonds is 4. The van der Waals surface area contributed by atoms with Crippen LogP contribution in [0.3, 0.4) is 0 Å². The average molecular weight is 418 g/mol. The number of H-pyrrole nitrogens is 1. The Balaban J connectivity index is 1.73. The van der Waals surface area contributed by atoms with Crippen molar-refractivity contribution in [3.8, 4) is 0 Å². The summed E-state index contributed by atoms with van der Waals surface area (Å²) in [5.74, 6) is -0.854. The molecule has 0 saturated carbocycles. The summed E-state index contributed by atoms with van der Waals surface area (Å²) in [7, 11) is 0. The largest absolute Gasteiger partial charge is 0.397 e. The molecule has 1 fully saturated rings. The maximum Gasteiger partial charge on any atom is 0.397 e. The monoisotopic (exact) mass is 417 g/mol. The summed E-state index contributed by atoms with van der Waals surface area (Å²) in [5, 5.41) is 19.3. The van der Waals surface area contributed by atoms with Crippen LogP contribution in [0.15, 0.2) is 18.3 Å². The number of hydrogen-bond donors (Lipinski definition) is 2. The molecule has 2 heterocycles. The van der Waals surface area contributed by atoms with E-state index in [1.165, 1.54) is 4.90 Å². The quantitative estimate of drug-likeness (QED) is 0.771. The second-order valence-corrected chi connectivity index (χ2v) is 8.44. The Labute approximate surface area is 165 Å². The van der Waals surface area contributed by atoms with Gasteiger partial charge in [0.1, 0.15) is 6.42 Å². The van der Waals surface area contributed by atoms with Crippen molar-refractivity contribution in [3.05, 3.63) is 28.9 Å². The summed E-state index contributed by atoms with van der Waals surface area (Å²) >= 11 is 6.18. The van der Waals surface area contributed by atoms with E-state index >= 15 is 0 Å². The number of likely N-dealkylation sites (tertiary alicyclic amines) is 1. The van der Waals surface area contributed by atoms with Gasteiger partial charge in [-0.3, -0.25) is 9.89 Å². The number of aliphatic hydroxyl groups is 1. The van der Waals surface area contributed by atoms with Crippen molar-refractivity contribution in [2.75, 3.05) is 13.1 Å². The molecular formula is C19H23ClF3N3O2. The summed E-state index contributed by atoms with van der Waals surface area (Å²) in [5.41, 5.74) is 0.783. The van der Waals surface area contributed by atoms with Crippen molar-refractivity contribution in [1.29, 1.82) is 0 Å². The van der Waals surface area contributed by atoms with E-state index in [2.05, 4.69) is 10.2 Å². The molecule has 0 bridgehead atoms. The highest BCUT2D eigenvalue weighted by atomic mass is 35.5. The first-order valence-electron chi connectivity index (χ1n) is 9.14. The van der Waals surface area contributed by atoms with Gasteiger partial charge in [0.2, 0.25) is 5.91 Å². The SMILES string of the molecule is CC(C)(C1CCN(C(=O)CC(F)(F)F)CC1)[C@H](O)c1cc(Cl)cc2cn[nH]c12. The fraction of sp³-hybridized carbons (Fsp3) is 0.579. The summed E-state index contributed by atoms with van der Waals surface area (Å²) in [6, 6.07) is 3.46. The number of alkyl halides is 3. The number of hydrogen-bond acceptors (Lipinski definition) is 3. The van der Waals surface area contributed by atoms with Gasteiger partial charge >= 0.3 is 6.18 Å². The molecule has 1 saturated heterocycles. The molecule has 1 atom stereocenters. The zero-order chi connectivity index (χ0) is 20.7. The Hall–Kier alpha value is -1.80. The molecule has 1 aliphatic rings. The summed E-state index contributed by atoms with van der Waals surface area (Å²) in [4.78, 5) is 13.1. The van der Waals surface area contributed by atoms with Gasteiger partial charge in [-0.2, -0.15) is 18.3 Å². The Morgan fingerprint density at radius 3 is 2.61 bits per heavy atom. The second kappa shape index (κ2) is 7.55. The average Bonchev–Trinajstić information content (AvgIpc) is 3.07. The molecule has 154 valence electrons. The number of nitrogens with one attached hydrogen (secondary N) is 1. The second-order valence-electron chi connectivity index (χ2n) is 8.00. The molecular weight excluding hydrogens is 395 g/mol. The van der Waals surface area contributed by atoms with E-state index in [4.69, 9.17) is 11.6 Å². The lowest BCUT2D eigenvalue weighted by molar-refractivity contribution is -0.163. The molecule has 5 nitrogen and oxygen atoms in total. The summed E-state index contributed by atoms with van der Waals surface area (Å²) < 4.78 is 37.4. The number of benzene rings is 1. The normalized spacial score (nSPS) is 17.9. The molecule has 2 aromatic rings.